The van der Waals surface area contributed by atoms with E-state index in [4.69, 9.17) is 18.9 Å². The predicted octanol–water partition coefficient (Wildman–Crippen LogP) is 9.25. The van der Waals surface area contributed by atoms with Crippen LogP contribution in [0.25, 0.3) is 0 Å². The van der Waals surface area contributed by atoms with Gasteiger partial charge in [0.25, 0.3) is 0 Å². The van der Waals surface area contributed by atoms with Crippen molar-refractivity contribution in [1.82, 2.24) is 9.80 Å². The summed E-state index contributed by atoms with van der Waals surface area (Å²) in [7, 11) is 0. The van der Waals surface area contributed by atoms with E-state index in [1.54, 1.807) is 4.90 Å². The molecule has 5 aromatic carbocycles. The number of hydrogen-bond acceptors (Lipinski definition) is 6. The molecule has 5 aromatic rings. The van der Waals surface area contributed by atoms with Crippen LogP contribution in [0.5, 0.6) is 5.75 Å². The molecule has 1 fully saturated rings. The fourth-order valence-electron chi connectivity index (χ4n) is 6.94. The molecule has 1 saturated heterocycles. The number of para-hydroxylation sites is 1. The normalized spacial score (nSPS) is 17.1. The summed E-state index contributed by atoms with van der Waals surface area (Å²) in [5.41, 5.74) is 2.74. The van der Waals surface area contributed by atoms with Crippen molar-refractivity contribution in [3.8, 4) is 5.75 Å². The van der Waals surface area contributed by atoms with E-state index < -0.39 is 47.6 Å². The predicted molar refractivity (Wildman–Crippen MR) is 209 cm³/mol. The molecule has 0 radical (unpaired) electrons. The van der Waals surface area contributed by atoms with Crippen LogP contribution in [0.3, 0.4) is 0 Å². The lowest BCUT2D eigenvalue weighted by Crippen LogP contribution is -2.63. The van der Waals surface area contributed by atoms with Crippen LogP contribution in [-0.4, -0.2) is 65.5 Å². The Kier molecular flexibility index (Phi) is 13.7. The zero-order valence-corrected chi connectivity index (χ0v) is 31.7. The minimum Gasteiger partial charge on any atom is -0.491 e. The molecule has 1 amide bonds. The maximum atomic E-state index is 14.9. The van der Waals surface area contributed by atoms with Gasteiger partial charge in [-0.25, -0.2) is 13.6 Å². The Morgan fingerprint density at radius 1 is 0.764 bits per heavy atom. The van der Waals surface area contributed by atoms with Crippen LogP contribution >= 0.6 is 0 Å². The van der Waals surface area contributed by atoms with E-state index in [0.29, 0.717) is 24.4 Å². The number of morpholine rings is 1. The number of ether oxygens (including phenoxy) is 4. The third kappa shape index (κ3) is 11.9. The van der Waals surface area contributed by atoms with Crippen molar-refractivity contribution in [2.24, 2.45) is 0 Å². The van der Waals surface area contributed by atoms with E-state index >= 15 is 0 Å². The van der Waals surface area contributed by atoms with E-state index in [0.717, 1.165) is 22.8 Å². The molecule has 0 saturated carbocycles. The van der Waals surface area contributed by atoms with Gasteiger partial charge in [0.15, 0.2) is 0 Å². The van der Waals surface area contributed by atoms with Gasteiger partial charge in [0, 0.05) is 25.2 Å². The maximum Gasteiger partial charge on any atom is 0.410 e. The van der Waals surface area contributed by atoms with Gasteiger partial charge in [-0.1, -0.05) is 109 Å². The minimum absolute atomic E-state index is 0.111. The first kappa shape index (κ1) is 39.6. The fraction of sp³-hybridized carbons (Fsp3) is 0.326. The number of halogens is 2. The van der Waals surface area contributed by atoms with Crippen LogP contribution in [0.15, 0.2) is 140 Å². The van der Waals surface area contributed by atoms with Crippen molar-refractivity contribution >= 4 is 6.09 Å². The Morgan fingerprint density at radius 3 is 1.84 bits per heavy atom. The summed E-state index contributed by atoms with van der Waals surface area (Å²) < 4.78 is 55.4. The van der Waals surface area contributed by atoms with Crippen LogP contribution in [0.2, 0.25) is 0 Å². The Morgan fingerprint density at radius 2 is 1.29 bits per heavy atom. The quantitative estimate of drug-likeness (QED) is 0.106. The van der Waals surface area contributed by atoms with Gasteiger partial charge >= 0.3 is 6.09 Å². The third-order valence-electron chi connectivity index (χ3n) is 9.45. The molecule has 1 heterocycles. The standard InChI is InChI=1S/C46H50F2N2O5/c1-46(2,3)55-45(51)50-30-41(32-52-40-22-14-7-15-23-40)53-33-43(50)44(54-31-36-20-12-6-13-21-36)42(26-37-24-38(47)27-39(48)25-37)49(28-34-16-8-4-9-17-34)29-35-18-10-5-11-19-35/h4-25,27,41-44H,26,28-33H2,1-3H3/t41-,42+,43?,44-/m1/s1. The molecule has 0 aromatic heterocycles. The second-order valence-electron chi connectivity index (χ2n) is 15.0. The van der Waals surface area contributed by atoms with Crippen LogP contribution in [-0.2, 0) is 40.3 Å². The summed E-state index contributed by atoms with van der Waals surface area (Å²) in [6, 6.07) is 41.9. The Bertz CT molecular complexity index is 1850. The lowest BCUT2D eigenvalue weighted by molar-refractivity contribution is -0.140. The second-order valence-corrected chi connectivity index (χ2v) is 15.0. The largest absolute Gasteiger partial charge is 0.491 e. The van der Waals surface area contributed by atoms with Gasteiger partial charge in [-0.05, 0) is 73.7 Å². The van der Waals surface area contributed by atoms with Crippen molar-refractivity contribution in [2.45, 2.75) is 76.8 Å². The highest BCUT2D eigenvalue weighted by atomic mass is 19.1. The average Bonchev–Trinajstić information content (AvgIpc) is 3.17. The molecule has 1 aliphatic heterocycles. The SMILES string of the molecule is CC(C)(C)OC(=O)N1C[C@H](COc2ccccc2)OCC1[C@H](OCc1ccccc1)[C@H](Cc1cc(F)cc(F)c1)N(Cc1ccccc1)Cc1ccccc1. The van der Waals surface area contributed by atoms with E-state index in [9.17, 15) is 13.6 Å². The van der Waals surface area contributed by atoms with Crippen LogP contribution in [0.1, 0.15) is 43.0 Å². The molecule has 0 N–H and O–H groups in total. The Hall–Kier alpha value is -5.09. The molecule has 0 aliphatic carbocycles. The van der Waals surface area contributed by atoms with Gasteiger partial charge in [0.2, 0.25) is 0 Å². The fourth-order valence-corrected chi connectivity index (χ4v) is 6.94. The summed E-state index contributed by atoms with van der Waals surface area (Å²) >= 11 is 0. The number of rotatable bonds is 15. The van der Waals surface area contributed by atoms with Gasteiger partial charge in [0.05, 0.1) is 31.9 Å². The summed E-state index contributed by atoms with van der Waals surface area (Å²) in [6.07, 6.45) is -1.47. The van der Waals surface area contributed by atoms with E-state index in [1.165, 1.54) is 12.1 Å². The van der Waals surface area contributed by atoms with E-state index in [-0.39, 0.29) is 32.8 Å². The van der Waals surface area contributed by atoms with E-state index in [2.05, 4.69) is 29.2 Å². The van der Waals surface area contributed by atoms with Gasteiger partial charge in [-0.2, -0.15) is 0 Å². The van der Waals surface area contributed by atoms with Gasteiger partial charge in [-0.3, -0.25) is 9.80 Å². The van der Waals surface area contributed by atoms with Crippen molar-refractivity contribution in [1.29, 1.82) is 0 Å². The summed E-state index contributed by atoms with van der Waals surface area (Å²) in [5, 5.41) is 0. The van der Waals surface area contributed by atoms with E-state index in [1.807, 2.05) is 118 Å². The number of nitrogens with zero attached hydrogens (tertiary/aromatic N) is 2. The highest BCUT2D eigenvalue weighted by Crippen LogP contribution is 2.30. The zero-order valence-electron chi connectivity index (χ0n) is 31.7. The van der Waals surface area contributed by atoms with Crippen LogP contribution in [0, 0.1) is 11.6 Å². The first-order chi connectivity index (χ1) is 26.6. The van der Waals surface area contributed by atoms with Gasteiger partial charge in [0.1, 0.15) is 35.7 Å². The van der Waals surface area contributed by atoms with Crippen LogP contribution in [0.4, 0.5) is 13.6 Å². The molecule has 55 heavy (non-hydrogen) atoms. The maximum absolute atomic E-state index is 14.9. The highest BCUT2D eigenvalue weighted by molar-refractivity contribution is 5.69. The molecule has 1 unspecified atom stereocenters. The first-order valence-electron chi connectivity index (χ1n) is 18.8. The molecule has 7 nitrogen and oxygen atoms in total. The van der Waals surface area contributed by atoms with Crippen molar-refractivity contribution in [3.63, 3.8) is 0 Å². The zero-order chi connectivity index (χ0) is 38.6. The molecule has 9 heteroatoms. The first-order valence-corrected chi connectivity index (χ1v) is 18.8. The lowest BCUT2D eigenvalue weighted by atomic mass is 9.92. The smallest absolute Gasteiger partial charge is 0.410 e. The monoisotopic (exact) mass is 748 g/mol. The summed E-state index contributed by atoms with van der Waals surface area (Å²) in [6.45, 7) is 7.23. The average molecular weight is 749 g/mol. The highest BCUT2D eigenvalue weighted by Gasteiger charge is 2.44. The lowest BCUT2D eigenvalue weighted by Gasteiger charge is -2.47. The summed E-state index contributed by atoms with van der Waals surface area (Å²) in [4.78, 5) is 18.3. The molecule has 1 aliphatic rings. The number of amides is 1. The van der Waals surface area contributed by atoms with Crippen molar-refractivity contribution in [3.05, 3.63) is 173 Å². The second kappa shape index (κ2) is 19.0. The number of carbonyl (C=O) groups is 1. The molecule has 0 bridgehead atoms. The molecule has 288 valence electrons. The molecular weight excluding hydrogens is 699 g/mol. The number of benzene rings is 5. The summed E-state index contributed by atoms with van der Waals surface area (Å²) in [5.74, 6) is -0.627. The molecule has 0 spiro atoms. The molecule has 4 atom stereocenters. The minimum atomic E-state index is -0.776. The molecule has 6 rings (SSSR count). The Labute approximate surface area is 323 Å². The van der Waals surface area contributed by atoms with Crippen molar-refractivity contribution < 1.29 is 32.5 Å². The van der Waals surface area contributed by atoms with Gasteiger partial charge in [-0.15, -0.1) is 0 Å². The van der Waals surface area contributed by atoms with Crippen molar-refractivity contribution in [2.75, 3.05) is 19.8 Å². The number of carbonyl (C=O) groups excluding carboxylic acids is 1. The van der Waals surface area contributed by atoms with Crippen LogP contribution < -0.4 is 4.74 Å². The molecular formula is C46H50F2N2O5. The number of hydrogen-bond donors (Lipinski definition) is 0. The third-order valence-corrected chi connectivity index (χ3v) is 9.45. The van der Waals surface area contributed by atoms with Gasteiger partial charge < -0.3 is 18.9 Å². The topological polar surface area (TPSA) is 60.5 Å². The Balaban J connectivity index is 1.43.